The number of hydrogen-bond donors (Lipinski definition) is 1. The summed E-state index contributed by atoms with van der Waals surface area (Å²) in [6, 6.07) is 8.39. The minimum atomic E-state index is -0.625. The molecule has 1 saturated carbocycles. The van der Waals surface area contributed by atoms with Crippen molar-refractivity contribution >= 4 is 40.1 Å². The maximum Gasteiger partial charge on any atom is 0.343 e. The lowest BCUT2D eigenvalue weighted by atomic mass is 9.87. The first-order valence-electron chi connectivity index (χ1n) is 10.4. The van der Waals surface area contributed by atoms with Gasteiger partial charge in [0.1, 0.15) is 12.0 Å². The van der Waals surface area contributed by atoms with E-state index in [0.717, 1.165) is 24.7 Å². The number of esters is 1. The Morgan fingerprint density at radius 2 is 1.94 bits per heavy atom. The zero-order valence-electron chi connectivity index (χ0n) is 18.4. The minimum absolute atomic E-state index is 0.0241. The molecule has 8 nitrogen and oxygen atoms in total. The number of carbonyl (C=O) groups excluding carboxylic acids is 2. The van der Waals surface area contributed by atoms with Crippen LogP contribution in [0.25, 0.3) is 0 Å². The molecule has 1 aromatic carbocycles. The van der Waals surface area contributed by atoms with Crippen LogP contribution in [0.4, 0.5) is 5.13 Å². The van der Waals surface area contributed by atoms with E-state index < -0.39 is 11.4 Å². The molecule has 1 amide bonds. The van der Waals surface area contributed by atoms with Gasteiger partial charge in [0.2, 0.25) is 22.2 Å². The predicted octanol–water partition coefficient (Wildman–Crippen LogP) is 4.65. The zero-order valence-corrected chi connectivity index (χ0v) is 20.0. The van der Waals surface area contributed by atoms with E-state index in [9.17, 15) is 14.4 Å². The number of ether oxygens (including phenoxy) is 1. The van der Waals surface area contributed by atoms with Gasteiger partial charge in [-0.25, -0.2) is 4.79 Å². The average Bonchev–Trinajstić information content (AvgIpc) is 3.54. The monoisotopic (exact) mass is 485 g/mol. The molecule has 0 unspecified atom stereocenters. The Morgan fingerprint density at radius 1 is 1.21 bits per heavy atom. The summed E-state index contributed by atoms with van der Waals surface area (Å²) in [5, 5.41) is 11.2. The van der Waals surface area contributed by atoms with Crippen LogP contribution in [0.5, 0.6) is 5.75 Å². The van der Waals surface area contributed by atoms with Crippen molar-refractivity contribution in [2.75, 3.05) is 5.32 Å². The molecule has 1 aliphatic rings. The second-order valence-electron chi connectivity index (χ2n) is 8.72. The molecule has 1 aliphatic carbocycles. The van der Waals surface area contributed by atoms with Gasteiger partial charge in [0.25, 0.3) is 0 Å². The molecule has 172 valence electrons. The fraction of sp³-hybridized carbons (Fsp3) is 0.348. The number of anilines is 1. The highest BCUT2D eigenvalue weighted by molar-refractivity contribution is 8.00. The topological polar surface area (TPSA) is 111 Å². The Bertz CT molecular complexity index is 1220. The molecular formula is C23H23N3O5S2. The first-order valence-corrected chi connectivity index (χ1v) is 12.2. The summed E-state index contributed by atoms with van der Waals surface area (Å²) in [7, 11) is 0. The van der Waals surface area contributed by atoms with Crippen LogP contribution < -0.4 is 15.5 Å². The number of hydrogen-bond acceptors (Lipinski definition) is 9. The van der Waals surface area contributed by atoms with E-state index in [2.05, 4.69) is 36.3 Å². The van der Waals surface area contributed by atoms with Crippen LogP contribution >= 0.6 is 23.1 Å². The first-order chi connectivity index (χ1) is 15.7. The van der Waals surface area contributed by atoms with Gasteiger partial charge in [0.05, 0.1) is 11.3 Å². The molecule has 0 spiro atoms. The van der Waals surface area contributed by atoms with E-state index in [-0.39, 0.29) is 23.0 Å². The Kier molecular flexibility index (Phi) is 6.66. The summed E-state index contributed by atoms with van der Waals surface area (Å²) in [6.45, 7) is 6.26. The molecule has 0 aliphatic heterocycles. The average molecular weight is 486 g/mol. The number of aromatic nitrogens is 2. The number of carbonyl (C=O) groups is 2. The van der Waals surface area contributed by atoms with E-state index in [1.54, 1.807) is 12.1 Å². The van der Waals surface area contributed by atoms with Crippen LogP contribution in [0.15, 0.2) is 50.1 Å². The summed E-state index contributed by atoms with van der Waals surface area (Å²) >= 11 is 2.59. The SMILES string of the molecule is CC(C)(C)c1ccc(C(=O)Oc2coc(CSc3nnc(NC(=O)C4CC4)s3)cc2=O)cc1. The molecule has 10 heteroatoms. The van der Waals surface area contributed by atoms with Crippen LogP contribution in [0, 0.1) is 5.92 Å². The molecule has 2 aromatic heterocycles. The Balaban J connectivity index is 1.33. The fourth-order valence-electron chi connectivity index (χ4n) is 2.86. The third-order valence-corrected chi connectivity index (χ3v) is 6.96. The lowest BCUT2D eigenvalue weighted by molar-refractivity contribution is -0.117. The quantitative estimate of drug-likeness (QED) is 0.292. The zero-order chi connectivity index (χ0) is 23.6. The molecule has 4 rings (SSSR count). The molecule has 1 N–H and O–H groups in total. The third-order valence-electron chi connectivity index (χ3n) is 4.96. The number of thioether (sulfide) groups is 1. The van der Waals surface area contributed by atoms with Gasteiger partial charge < -0.3 is 14.5 Å². The summed E-state index contributed by atoms with van der Waals surface area (Å²) in [5.41, 5.74) is 0.959. The summed E-state index contributed by atoms with van der Waals surface area (Å²) in [5.74, 6) is 0.00844. The van der Waals surface area contributed by atoms with Crippen molar-refractivity contribution in [3.63, 3.8) is 0 Å². The number of rotatable bonds is 7. The van der Waals surface area contributed by atoms with Crippen molar-refractivity contribution in [3.8, 4) is 5.75 Å². The van der Waals surface area contributed by atoms with Gasteiger partial charge in [0.15, 0.2) is 4.34 Å². The van der Waals surface area contributed by atoms with E-state index in [1.807, 2.05) is 12.1 Å². The Morgan fingerprint density at radius 3 is 2.58 bits per heavy atom. The van der Waals surface area contributed by atoms with Crippen molar-refractivity contribution < 1.29 is 18.7 Å². The van der Waals surface area contributed by atoms with E-state index in [0.29, 0.717) is 26.5 Å². The van der Waals surface area contributed by atoms with Crippen LogP contribution in [-0.2, 0) is 16.0 Å². The molecule has 1 fully saturated rings. The standard InChI is InChI=1S/C23H23N3O5S2/c1-23(2,3)15-8-6-14(7-9-15)20(29)31-18-11-30-16(10-17(18)27)12-32-22-26-25-21(33-22)24-19(28)13-4-5-13/h6-11,13H,4-5,12H2,1-3H3,(H,24,25,28). The van der Waals surface area contributed by atoms with Crippen LogP contribution in [-0.4, -0.2) is 22.1 Å². The van der Waals surface area contributed by atoms with Crippen molar-refractivity contribution in [3.05, 3.63) is 63.7 Å². The number of nitrogens with one attached hydrogen (secondary N) is 1. The summed E-state index contributed by atoms with van der Waals surface area (Å²) in [6.07, 6.45) is 2.97. The van der Waals surface area contributed by atoms with Crippen molar-refractivity contribution in [2.45, 2.75) is 49.1 Å². The normalized spacial score (nSPS) is 13.5. The molecule has 0 saturated heterocycles. The largest absolute Gasteiger partial charge is 0.464 e. The lowest BCUT2D eigenvalue weighted by Gasteiger charge is -2.18. The molecule has 2 heterocycles. The first kappa shape index (κ1) is 23.2. The molecule has 0 atom stereocenters. The number of benzene rings is 1. The predicted molar refractivity (Wildman–Crippen MR) is 126 cm³/mol. The number of nitrogens with zero attached hydrogens (tertiary/aromatic N) is 2. The molecule has 33 heavy (non-hydrogen) atoms. The molecule has 3 aromatic rings. The van der Waals surface area contributed by atoms with Gasteiger partial charge in [-0.3, -0.25) is 9.59 Å². The van der Waals surface area contributed by atoms with Gasteiger partial charge >= 0.3 is 5.97 Å². The van der Waals surface area contributed by atoms with Crippen LogP contribution in [0.1, 0.15) is 55.3 Å². The van der Waals surface area contributed by atoms with Gasteiger partial charge in [-0.2, -0.15) is 0 Å². The summed E-state index contributed by atoms with van der Waals surface area (Å²) < 4.78 is 11.3. The van der Waals surface area contributed by atoms with Crippen LogP contribution in [0.3, 0.4) is 0 Å². The van der Waals surface area contributed by atoms with E-state index >= 15 is 0 Å². The molecule has 0 bridgehead atoms. The highest BCUT2D eigenvalue weighted by Gasteiger charge is 2.30. The fourth-order valence-corrected chi connectivity index (χ4v) is 4.50. The second kappa shape index (κ2) is 9.48. The maximum atomic E-state index is 12.4. The minimum Gasteiger partial charge on any atom is -0.464 e. The van der Waals surface area contributed by atoms with Crippen LogP contribution in [0.2, 0.25) is 0 Å². The van der Waals surface area contributed by atoms with Gasteiger partial charge in [-0.1, -0.05) is 56.0 Å². The molecule has 0 radical (unpaired) electrons. The lowest BCUT2D eigenvalue weighted by Crippen LogP contribution is -2.16. The Labute approximate surface area is 198 Å². The van der Waals surface area contributed by atoms with Crippen molar-refractivity contribution in [1.82, 2.24) is 10.2 Å². The molecular weight excluding hydrogens is 462 g/mol. The van der Waals surface area contributed by atoms with Crippen molar-refractivity contribution in [1.29, 1.82) is 0 Å². The maximum absolute atomic E-state index is 12.4. The highest BCUT2D eigenvalue weighted by Crippen LogP contribution is 2.32. The second-order valence-corrected chi connectivity index (χ2v) is 10.9. The van der Waals surface area contributed by atoms with E-state index in [4.69, 9.17) is 9.15 Å². The number of amides is 1. The van der Waals surface area contributed by atoms with Crippen molar-refractivity contribution in [2.24, 2.45) is 5.92 Å². The van der Waals surface area contributed by atoms with E-state index in [1.165, 1.54) is 29.2 Å². The third kappa shape index (κ3) is 6.08. The highest BCUT2D eigenvalue weighted by atomic mass is 32.2. The summed E-state index contributed by atoms with van der Waals surface area (Å²) in [4.78, 5) is 36.6. The Hall–Kier alpha value is -2.98. The van der Waals surface area contributed by atoms with Gasteiger partial charge in [-0.15, -0.1) is 10.2 Å². The van der Waals surface area contributed by atoms with Gasteiger partial charge in [-0.05, 0) is 36.0 Å². The van der Waals surface area contributed by atoms with Gasteiger partial charge in [0, 0.05) is 12.0 Å². The smallest absolute Gasteiger partial charge is 0.343 e.